The Balaban J connectivity index is 1.59. The van der Waals surface area contributed by atoms with Crippen molar-refractivity contribution in [3.63, 3.8) is 0 Å². The van der Waals surface area contributed by atoms with Crippen LogP contribution in [0, 0.1) is 5.21 Å². The van der Waals surface area contributed by atoms with Crippen LogP contribution in [0.4, 0.5) is 5.69 Å². The molecular weight excluding hydrogens is 348 g/mol. The first-order valence-electron chi connectivity index (χ1n) is 7.94. The molecule has 5 nitrogen and oxygen atoms in total. The van der Waals surface area contributed by atoms with Gasteiger partial charge in [0.15, 0.2) is 12.0 Å². The SMILES string of the molecule is O=C(CSc1cccc[n+]1[O-])c1ccc(NC(=O)c2ccccc2)cc1. The van der Waals surface area contributed by atoms with Crippen molar-refractivity contribution in [2.24, 2.45) is 0 Å². The Morgan fingerprint density at radius 2 is 1.58 bits per heavy atom. The van der Waals surface area contributed by atoms with E-state index < -0.39 is 0 Å². The number of hydrogen-bond donors (Lipinski definition) is 1. The van der Waals surface area contributed by atoms with Gasteiger partial charge in [0, 0.05) is 28.9 Å². The summed E-state index contributed by atoms with van der Waals surface area (Å²) in [5.74, 6) is -0.119. The molecule has 1 heterocycles. The van der Waals surface area contributed by atoms with E-state index in [0.29, 0.717) is 21.8 Å². The van der Waals surface area contributed by atoms with Crippen LogP contribution < -0.4 is 10.0 Å². The summed E-state index contributed by atoms with van der Waals surface area (Å²) >= 11 is 1.19. The van der Waals surface area contributed by atoms with Crippen LogP contribution in [-0.2, 0) is 0 Å². The third-order valence-corrected chi connectivity index (χ3v) is 4.66. The molecule has 0 fully saturated rings. The lowest BCUT2D eigenvalue weighted by molar-refractivity contribution is -0.645. The first-order valence-corrected chi connectivity index (χ1v) is 8.93. The molecule has 0 aliphatic carbocycles. The van der Waals surface area contributed by atoms with Crippen LogP contribution in [-0.4, -0.2) is 17.4 Å². The van der Waals surface area contributed by atoms with E-state index in [-0.39, 0.29) is 17.4 Å². The second-order valence-corrected chi connectivity index (χ2v) is 6.47. The molecule has 0 aliphatic heterocycles. The molecule has 0 bridgehead atoms. The van der Waals surface area contributed by atoms with Gasteiger partial charge in [0.25, 0.3) is 10.9 Å². The van der Waals surface area contributed by atoms with Crippen molar-refractivity contribution in [3.05, 3.63) is 95.3 Å². The first kappa shape index (κ1) is 17.7. The Bertz CT molecular complexity index is 912. The summed E-state index contributed by atoms with van der Waals surface area (Å²) in [7, 11) is 0. The topological polar surface area (TPSA) is 73.1 Å². The molecule has 1 amide bonds. The maximum Gasteiger partial charge on any atom is 0.255 e. The maximum atomic E-state index is 12.3. The van der Waals surface area contributed by atoms with E-state index in [1.54, 1.807) is 66.7 Å². The summed E-state index contributed by atoms with van der Waals surface area (Å²) < 4.78 is 0.736. The molecular formula is C20H16N2O3S. The van der Waals surface area contributed by atoms with Crippen molar-refractivity contribution >= 4 is 29.1 Å². The highest BCUT2D eigenvalue weighted by Crippen LogP contribution is 2.17. The Morgan fingerprint density at radius 1 is 0.885 bits per heavy atom. The average molecular weight is 364 g/mol. The highest BCUT2D eigenvalue weighted by Gasteiger charge is 2.11. The van der Waals surface area contributed by atoms with Gasteiger partial charge >= 0.3 is 0 Å². The zero-order valence-corrected chi connectivity index (χ0v) is 14.6. The number of Topliss-reactive ketones (excluding diaryl/α,β-unsaturated/α-hetero) is 1. The van der Waals surface area contributed by atoms with Crippen LogP contribution in [0.15, 0.2) is 84.0 Å². The number of pyridine rings is 1. The summed E-state index contributed by atoms with van der Waals surface area (Å²) in [4.78, 5) is 24.4. The van der Waals surface area contributed by atoms with Crippen LogP contribution in [0.5, 0.6) is 0 Å². The summed E-state index contributed by atoms with van der Waals surface area (Å²) in [6, 6.07) is 20.7. The molecule has 3 aromatic rings. The van der Waals surface area contributed by atoms with Gasteiger partial charge in [-0.15, -0.1) is 0 Å². The van der Waals surface area contributed by atoms with Gasteiger partial charge in [-0.25, -0.2) is 0 Å². The highest BCUT2D eigenvalue weighted by atomic mass is 32.2. The molecule has 0 saturated carbocycles. The van der Waals surface area contributed by atoms with Gasteiger partial charge in [-0.1, -0.05) is 18.2 Å². The van der Waals surface area contributed by atoms with Crippen LogP contribution in [0.25, 0.3) is 0 Å². The van der Waals surface area contributed by atoms with E-state index in [1.807, 2.05) is 6.07 Å². The fourth-order valence-electron chi connectivity index (χ4n) is 2.28. The third-order valence-electron chi connectivity index (χ3n) is 3.64. The molecule has 0 unspecified atom stereocenters. The number of amides is 1. The maximum absolute atomic E-state index is 12.3. The van der Waals surface area contributed by atoms with Crippen molar-refractivity contribution in [1.29, 1.82) is 0 Å². The van der Waals surface area contributed by atoms with Crippen molar-refractivity contribution in [2.45, 2.75) is 5.03 Å². The lowest BCUT2D eigenvalue weighted by atomic mass is 10.1. The van der Waals surface area contributed by atoms with Gasteiger partial charge in [0.05, 0.1) is 5.75 Å². The summed E-state index contributed by atoms with van der Waals surface area (Å²) in [6.45, 7) is 0. The molecule has 6 heteroatoms. The Labute approximate surface area is 155 Å². The van der Waals surface area contributed by atoms with Crippen LogP contribution in [0.2, 0.25) is 0 Å². The average Bonchev–Trinajstić information content (AvgIpc) is 2.68. The normalized spacial score (nSPS) is 10.3. The second-order valence-electron chi connectivity index (χ2n) is 5.47. The Morgan fingerprint density at radius 3 is 2.27 bits per heavy atom. The Hall–Kier alpha value is -3.12. The van der Waals surface area contributed by atoms with E-state index in [4.69, 9.17) is 0 Å². The van der Waals surface area contributed by atoms with Gasteiger partial charge in [0.1, 0.15) is 0 Å². The second kappa shape index (κ2) is 8.31. The molecule has 0 aliphatic rings. The number of thioether (sulfide) groups is 1. The molecule has 26 heavy (non-hydrogen) atoms. The Kier molecular flexibility index (Phi) is 5.66. The van der Waals surface area contributed by atoms with Crippen LogP contribution >= 0.6 is 11.8 Å². The number of carbonyl (C=O) groups excluding carboxylic acids is 2. The standard InChI is InChI=1S/C20H16N2O3S/c23-18(14-26-19-8-4-5-13-22(19)25)15-9-11-17(12-10-15)21-20(24)16-6-2-1-3-7-16/h1-13H,14H2,(H,21,24). The minimum atomic E-state index is -0.204. The molecule has 0 saturated heterocycles. The van der Waals surface area contributed by atoms with Crippen molar-refractivity contribution < 1.29 is 14.3 Å². The number of nitrogens with zero attached hydrogens (tertiary/aromatic N) is 1. The smallest absolute Gasteiger partial charge is 0.255 e. The fraction of sp³-hybridized carbons (Fsp3) is 0.0500. The number of nitrogens with one attached hydrogen (secondary N) is 1. The minimum Gasteiger partial charge on any atom is -0.618 e. The van der Waals surface area contributed by atoms with Gasteiger partial charge < -0.3 is 10.5 Å². The zero-order chi connectivity index (χ0) is 18.4. The third kappa shape index (κ3) is 4.49. The molecule has 0 atom stereocenters. The van der Waals surface area contributed by atoms with Crippen molar-refractivity contribution in [3.8, 4) is 0 Å². The molecule has 130 valence electrons. The monoisotopic (exact) mass is 364 g/mol. The predicted octanol–water partition coefficient (Wildman–Crippen LogP) is 3.55. The highest BCUT2D eigenvalue weighted by molar-refractivity contribution is 7.99. The molecule has 0 radical (unpaired) electrons. The lowest BCUT2D eigenvalue weighted by Crippen LogP contribution is -2.28. The number of benzene rings is 2. The quantitative estimate of drug-likeness (QED) is 0.314. The zero-order valence-electron chi connectivity index (χ0n) is 13.8. The van der Waals surface area contributed by atoms with Crippen molar-refractivity contribution in [1.82, 2.24) is 0 Å². The van der Waals surface area contributed by atoms with E-state index in [2.05, 4.69) is 5.32 Å². The molecule has 1 aromatic heterocycles. The first-order chi connectivity index (χ1) is 12.6. The molecule has 2 aromatic carbocycles. The van der Waals surface area contributed by atoms with Gasteiger partial charge in [-0.2, -0.15) is 4.73 Å². The molecule has 3 rings (SSSR count). The number of carbonyl (C=O) groups is 2. The van der Waals surface area contributed by atoms with E-state index in [0.717, 1.165) is 4.73 Å². The van der Waals surface area contributed by atoms with Crippen LogP contribution in [0.3, 0.4) is 0 Å². The van der Waals surface area contributed by atoms with Gasteiger partial charge in [-0.05, 0) is 54.2 Å². The van der Waals surface area contributed by atoms with Gasteiger partial charge in [0.2, 0.25) is 0 Å². The summed E-state index contributed by atoms with van der Waals surface area (Å²) in [5, 5.41) is 14.8. The number of rotatable bonds is 6. The number of anilines is 1. The molecule has 1 N–H and O–H groups in total. The summed E-state index contributed by atoms with van der Waals surface area (Å²) in [5.41, 5.74) is 1.71. The summed E-state index contributed by atoms with van der Waals surface area (Å²) in [6.07, 6.45) is 1.40. The number of aromatic nitrogens is 1. The van der Waals surface area contributed by atoms with Gasteiger partial charge in [-0.3, -0.25) is 9.59 Å². The molecule has 0 spiro atoms. The minimum absolute atomic E-state index is 0.0835. The number of hydrogen-bond acceptors (Lipinski definition) is 4. The van der Waals surface area contributed by atoms with E-state index >= 15 is 0 Å². The van der Waals surface area contributed by atoms with Crippen LogP contribution in [0.1, 0.15) is 20.7 Å². The van der Waals surface area contributed by atoms with E-state index in [9.17, 15) is 14.8 Å². The van der Waals surface area contributed by atoms with Crippen molar-refractivity contribution in [2.75, 3.05) is 11.1 Å². The number of ketones is 1. The predicted molar refractivity (Wildman–Crippen MR) is 101 cm³/mol. The lowest BCUT2D eigenvalue weighted by Gasteiger charge is -2.06. The largest absolute Gasteiger partial charge is 0.618 e. The van der Waals surface area contributed by atoms with E-state index in [1.165, 1.54) is 18.0 Å². The fourth-order valence-corrected chi connectivity index (χ4v) is 3.09.